The Bertz CT molecular complexity index is 1080. The van der Waals surface area contributed by atoms with Crippen molar-refractivity contribution in [2.45, 2.75) is 5.16 Å². The van der Waals surface area contributed by atoms with E-state index in [1.165, 1.54) is 11.8 Å². The highest BCUT2D eigenvalue weighted by Crippen LogP contribution is 2.24. The molecule has 0 radical (unpaired) electrons. The first-order chi connectivity index (χ1) is 12.3. The first kappa shape index (κ1) is 15.6. The van der Waals surface area contributed by atoms with Crippen molar-refractivity contribution in [2.24, 2.45) is 0 Å². The lowest BCUT2D eigenvalue weighted by atomic mass is 10.1. The maximum absolute atomic E-state index is 12.4. The third-order valence-corrected chi connectivity index (χ3v) is 4.68. The first-order valence-electron chi connectivity index (χ1n) is 7.66. The molecule has 0 atom stereocenters. The normalized spacial score (nSPS) is 11.1. The fourth-order valence-corrected chi connectivity index (χ4v) is 3.32. The second-order valence-corrected chi connectivity index (χ2v) is 6.32. The SMILES string of the molecule is COc1ccccc1C(=O)CSc1nnc2c(n1)[nH]c1ccccc12. The van der Waals surface area contributed by atoms with Gasteiger partial charge in [-0.05, 0) is 18.2 Å². The number of ether oxygens (including phenoxy) is 1. The molecular weight excluding hydrogens is 336 g/mol. The second-order valence-electron chi connectivity index (χ2n) is 5.37. The predicted octanol–water partition coefficient (Wildman–Crippen LogP) is 3.49. The number of carbonyl (C=O) groups excluding carboxylic acids is 1. The average molecular weight is 350 g/mol. The molecule has 0 spiro atoms. The fourth-order valence-electron chi connectivity index (χ4n) is 2.65. The van der Waals surface area contributed by atoms with Gasteiger partial charge in [-0.2, -0.15) is 0 Å². The lowest BCUT2D eigenvalue weighted by Crippen LogP contribution is -2.05. The van der Waals surface area contributed by atoms with Crippen LogP contribution in [0.3, 0.4) is 0 Å². The summed E-state index contributed by atoms with van der Waals surface area (Å²) in [6, 6.07) is 15.0. The van der Waals surface area contributed by atoms with Crippen LogP contribution in [0.5, 0.6) is 5.75 Å². The van der Waals surface area contributed by atoms with Crippen LogP contribution in [-0.2, 0) is 0 Å². The summed E-state index contributed by atoms with van der Waals surface area (Å²) in [5, 5.41) is 9.83. The molecule has 0 fully saturated rings. The van der Waals surface area contributed by atoms with Gasteiger partial charge in [0.05, 0.1) is 18.4 Å². The number of hydrogen-bond donors (Lipinski definition) is 1. The van der Waals surface area contributed by atoms with Crippen molar-refractivity contribution in [1.82, 2.24) is 20.2 Å². The molecule has 0 saturated carbocycles. The quantitative estimate of drug-likeness (QED) is 0.438. The number of rotatable bonds is 5. The standard InChI is InChI=1S/C18H14N4O2S/c1-24-15-9-5-3-7-12(15)14(23)10-25-18-20-17-16(21-22-18)11-6-2-4-8-13(11)19-17/h2-9H,10H2,1H3,(H,19,20,22). The van der Waals surface area contributed by atoms with E-state index >= 15 is 0 Å². The molecule has 0 saturated heterocycles. The molecule has 4 rings (SSSR count). The number of benzene rings is 2. The summed E-state index contributed by atoms with van der Waals surface area (Å²) in [7, 11) is 1.55. The van der Waals surface area contributed by atoms with Crippen molar-refractivity contribution in [2.75, 3.05) is 12.9 Å². The highest BCUT2D eigenvalue weighted by Gasteiger charge is 2.14. The number of thioether (sulfide) groups is 1. The summed E-state index contributed by atoms with van der Waals surface area (Å²) in [5.74, 6) is 0.745. The average Bonchev–Trinajstić information content (AvgIpc) is 3.03. The number of ketones is 1. The monoisotopic (exact) mass is 350 g/mol. The van der Waals surface area contributed by atoms with Crippen LogP contribution in [0.15, 0.2) is 53.7 Å². The Labute approximate surface area is 147 Å². The summed E-state index contributed by atoms with van der Waals surface area (Å²) < 4.78 is 5.23. The number of methoxy groups -OCH3 is 1. The number of carbonyl (C=O) groups is 1. The lowest BCUT2D eigenvalue weighted by Gasteiger charge is -2.06. The maximum atomic E-state index is 12.4. The van der Waals surface area contributed by atoms with Gasteiger partial charge in [-0.3, -0.25) is 4.79 Å². The Hall–Kier alpha value is -2.93. The summed E-state index contributed by atoms with van der Waals surface area (Å²) in [5.41, 5.74) is 2.92. The van der Waals surface area contributed by atoms with Crippen molar-refractivity contribution < 1.29 is 9.53 Å². The van der Waals surface area contributed by atoms with Crippen molar-refractivity contribution in [3.63, 3.8) is 0 Å². The second kappa shape index (κ2) is 6.52. The number of para-hydroxylation sites is 2. The van der Waals surface area contributed by atoms with Crippen LogP contribution < -0.4 is 4.74 Å². The number of nitrogens with zero attached hydrogens (tertiary/aromatic N) is 3. The van der Waals surface area contributed by atoms with E-state index in [1.54, 1.807) is 19.2 Å². The molecule has 0 amide bonds. The van der Waals surface area contributed by atoms with E-state index in [0.29, 0.717) is 22.1 Å². The van der Waals surface area contributed by atoms with Gasteiger partial charge in [-0.25, -0.2) is 4.98 Å². The molecule has 2 aromatic heterocycles. The van der Waals surface area contributed by atoms with Gasteiger partial charge in [0.1, 0.15) is 11.3 Å². The van der Waals surface area contributed by atoms with E-state index in [4.69, 9.17) is 4.74 Å². The molecule has 0 bridgehead atoms. The van der Waals surface area contributed by atoms with Gasteiger partial charge in [-0.1, -0.05) is 42.1 Å². The largest absolute Gasteiger partial charge is 0.496 e. The Morgan fingerprint density at radius 3 is 2.80 bits per heavy atom. The van der Waals surface area contributed by atoms with E-state index in [9.17, 15) is 4.79 Å². The Kier molecular flexibility index (Phi) is 4.07. The van der Waals surface area contributed by atoms with Crippen LogP contribution in [0.25, 0.3) is 22.1 Å². The third-order valence-electron chi connectivity index (χ3n) is 3.84. The van der Waals surface area contributed by atoms with Crippen LogP contribution >= 0.6 is 11.8 Å². The zero-order valence-corrected chi connectivity index (χ0v) is 14.2. The van der Waals surface area contributed by atoms with Crippen LogP contribution in [0.4, 0.5) is 0 Å². The first-order valence-corrected chi connectivity index (χ1v) is 8.65. The summed E-state index contributed by atoms with van der Waals surface area (Å²) in [4.78, 5) is 20.1. The third kappa shape index (κ3) is 2.94. The van der Waals surface area contributed by atoms with Crippen LogP contribution in [0.2, 0.25) is 0 Å². The van der Waals surface area contributed by atoms with Gasteiger partial charge in [-0.15, -0.1) is 10.2 Å². The van der Waals surface area contributed by atoms with Gasteiger partial charge < -0.3 is 9.72 Å². The topological polar surface area (TPSA) is 80.8 Å². The van der Waals surface area contributed by atoms with Gasteiger partial charge in [0, 0.05) is 10.9 Å². The van der Waals surface area contributed by atoms with Crippen molar-refractivity contribution in [3.8, 4) is 5.75 Å². The van der Waals surface area contributed by atoms with E-state index in [-0.39, 0.29) is 11.5 Å². The number of aromatic amines is 1. The highest BCUT2D eigenvalue weighted by atomic mass is 32.2. The van der Waals surface area contributed by atoms with Crippen LogP contribution in [0.1, 0.15) is 10.4 Å². The molecule has 0 aliphatic carbocycles. The lowest BCUT2D eigenvalue weighted by molar-refractivity contribution is 0.101. The van der Waals surface area contributed by atoms with Crippen molar-refractivity contribution in [3.05, 3.63) is 54.1 Å². The molecule has 6 nitrogen and oxygen atoms in total. The van der Waals surface area contributed by atoms with E-state index in [1.807, 2.05) is 36.4 Å². The number of Topliss-reactive ketones (excluding diaryl/α,β-unsaturated/α-hetero) is 1. The molecule has 2 heterocycles. The number of H-pyrrole nitrogens is 1. The zero-order valence-electron chi connectivity index (χ0n) is 13.4. The van der Waals surface area contributed by atoms with Gasteiger partial charge >= 0.3 is 0 Å². The Morgan fingerprint density at radius 1 is 1.12 bits per heavy atom. The molecule has 7 heteroatoms. The van der Waals surface area contributed by atoms with Crippen molar-refractivity contribution >= 4 is 39.6 Å². The fraction of sp³-hybridized carbons (Fsp3) is 0.111. The molecule has 1 N–H and O–H groups in total. The van der Waals surface area contributed by atoms with E-state index in [0.717, 1.165) is 16.4 Å². The summed E-state index contributed by atoms with van der Waals surface area (Å²) >= 11 is 1.26. The summed E-state index contributed by atoms with van der Waals surface area (Å²) in [6.45, 7) is 0. The molecule has 25 heavy (non-hydrogen) atoms. The summed E-state index contributed by atoms with van der Waals surface area (Å²) in [6.07, 6.45) is 0. The minimum absolute atomic E-state index is 0.0391. The number of aromatic nitrogens is 4. The minimum atomic E-state index is -0.0391. The predicted molar refractivity (Wildman–Crippen MR) is 97.2 cm³/mol. The van der Waals surface area contributed by atoms with E-state index in [2.05, 4.69) is 20.2 Å². The van der Waals surface area contributed by atoms with Gasteiger partial charge in [0.15, 0.2) is 11.4 Å². The highest BCUT2D eigenvalue weighted by molar-refractivity contribution is 7.99. The molecule has 0 aliphatic heterocycles. The molecule has 0 unspecified atom stereocenters. The molecule has 0 aliphatic rings. The molecular formula is C18H14N4O2S. The number of fused-ring (bicyclic) bond motifs is 3. The minimum Gasteiger partial charge on any atom is -0.496 e. The van der Waals surface area contributed by atoms with Crippen molar-refractivity contribution in [1.29, 1.82) is 0 Å². The molecule has 2 aromatic carbocycles. The number of nitrogens with one attached hydrogen (secondary N) is 1. The Morgan fingerprint density at radius 2 is 1.92 bits per heavy atom. The molecule has 124 valence electrons. The van der Waals surface area contributed by atoms with Gasteiger partial charge in [0.25, 0.3) is 0 Å². The smallest absolute Gasteiger partial charge is 0.211 e. The molecule has 4 aromatic rings. The van der Waals surface area contributed by atoms with Gasteiger partial charge in [0.2, 0.25) is 5.16 Å². The zero-order chi connectivity index (χ0) is 17.2. The van der Waals surface area contributed by atoms with E-state index < -0.39 is 0 Å². The van der Waals surface area contributed by atoms with Crippen LogP contribution in [-0.4, -0.2) is 38.8 Å². The Balaban J connectivity index is 1.56. The maximum Gasteiger partial charge on any atom is 0.211 e. The van der Waals surface area contributed by atoms with Crippen LogP contribution in [0, 0.1) is 0 Å². The number of hydrogen-bond acceptors (Lipinski definition) is 6.